The van der Waals surface area contributed by atoms with Gasteiger partial charge < -0.3 is 9.72 Å². The Kier molecular flexibility index (Phi) is 7.03. The minimum absolute atomic E-state index is 0.150. The van der Waals surface area contributed by atoms with E-state index in [0.29, 0.717) is 26.2 Å². The van der Waals surface area contributed by atoms with E-state index in [1.807, 2.05) is 24.3 Å². The Hall–Kier alpha value is -3.45. The number of nitrogens with one attached hydrogen (secondary N) is 1. The summed E-state index contributed by atoms with van der Waals surface area (Å²) in [6, 6.07) is 18.0. The van der Waals surface area contributed by atoms with Crippen LogP contribution in [0.2, 0.25) is 5.02 Å². The number of aromatic nitrogens is 1. The molecule has 2 aliphatic rings. The topological polar surface area (TPSA) is 123 Å². The summed E-state index contributed by atoms with van der Waals surface area (Å²) in [5, 5.41) is 11.4. The molecule has 1 fully saturated rings. The zero-order valence-electron chi connectivity index (χ0n) is 20.2. The van der Waals surface area contributed by atoms with Crippen LogP contribution in [0.3, 0.4) is 0 Å². The van der Waals surface area contributed by atoms with Gasteiger partial charge >= 0.3 is 4.87 Å². The number of thioether (sulfide) groups is 1. The van der Waals surface area contributed by atoms with Gasteiger partial charge in [-0.05, 0) is 48.0 Å². The van der Waals surface area contributed by atoms with Gasteiger partial charge in [0.1, 0.15) is 17.6 Å². The molecule has 4 aromatic rings. The van der Waals surface area contributed by atoms with Crippen LogP contribution in [0.5, 0.6) is 5.75 Å². The quantitative estimate of drug-likeness (QED) is 0.150. The maximum Gasteiger partial charge on any atom is 0.305 e. The van der Waals surface area contributed by atoms with E-state index in [0.717, 1.165) is 38.0 Å². The maximum absolute atomic E-state index is 14.0. The number of nitro benzene ring substituents is 1. The van der Waals surface area contributed by atoms with E-state index >= 15 is 0 Å². The van der Waals surface area contributed by atoms with Crippen molar-refractivity contribution in [2.45, 2.75) is 22.8 Å². The molecule has 0 aliphatic carbocycles. The van der Waals surface area contributed by atoms with Crippen LogP contribution in [0.15, 0.2) is 81.0 Å². The highest BCUT2D eigenvalue weighted by molar-refractivity contribution is 9.10. The Morgan fingerprint density at radius 3 is 2.55 bits per heavy atom. The highest BCUT2D eigenvalue weighted by Gasteiger charge is 2.56. The van der Waals surface area contributed by atoms with Crippen molar-refractivity contribution in [1.29, 1.82) is 0 Å². The zero-order valence-corrected chi connectivity index (χ0v) is 24.2. The number of amides is 2. The van der Waals surface area contributed by atoms with Crippen LogP contribution in [0.1, 0.15) is 21.9 Å². The first kappa shape index (κ1) is 26.8. The fraction of sp³-hybridized carbons (Fsp3) is 0.148. The van der Waals surface area contributed by atoms with Crippen molar-refractivity contribution in [2.24, 2.45) is 5.92 Å². The third-order valence-corrected chi connectivity index (χ3v) is 9.86. The number of hydrogen-bond acceptors (Lipinski definition) is 8. The molecule has 202 valence electrons. The van der Waals surface area contributed by atoms with Crippen LogP contribution in [-0.2, 0) is 16.2 Å². The molecule has 0 spiro atoms. The van der Waals surface area contributed by atoms with Crippen molar-refractivity contribution < 1.29 is 19.2 Å². The summed E-state index contributed by atoms with van der Waals surface area (Å²) < 4.78 is 6.96. The van der Waals surface area contributed by atoms with Crippen molar-refractivity contribution in [3.63, 3.8) is 0 Å². The van der Waals surface area contributed by atoms with Crippen LogP contribution in [0, 0.1) is 16.0 Å². The van der Waals surface area contributed by atoms with Crippen molar-refractivity contribution in [1.82, 2.24) is 4.98 Å². The first-order valence-electron chi connectivity index (χ1n) is 11.9. The van der Waals surface area contributed by atoms with Gasteiger partial charge in [-0.25, -0.2) is 4.90 Å². The summed E-state index contributed by atoms with van der Waals surface area (Å²) in [5.41, 5.74) is 1.59. The van der Waals surface area contributed by atoms with Crippen LogP contribution in [-0.4, -0.2) is 27.0 Å². The van der Waals surface area contributed by atoms with Crippen molar-refractivity contribution in [3.05, 3.63) is 112 Å². The molecule has 3 atom stereocenters. The van der Waals surface area contributed by atoms with Gasteiger partial charge in [0, 0.05) is 38.0 Å². The minimum atomic E-state index is -0.838. The van der Waals surface area contributed by atoms with Gasteiger partial charge in [-0.1, -0.05) is 62.8 Å². The van der Waals surface area contributed by atoms with Gasteiger partial charge in [-0.15, -0.1) is 0 Å². The van der Waals surface area contributed by atoms with Crippen LogP contribution in [0.25, 0.3) is 0 Å². The fourth-order valence-electron chi connectivity index (χ4n) is 5.01. The number of nitro groups is 1. The molecule has 3 unspecified atom stereocenters. The molecule has 0 saturated carbocycles. The number of halogens is 2. The molecule has 0 radical (unpaired) electrons. The summed E-state index contributed by atoms with van der Waals surface area (Å²) in [6.07, 6.45) is 0. The lowest BCUT2D eigenvalue weighted by atomic mass is 9.82. The van der Waals surface area contributed by atoms with Crippen molar-refractivity contribution in [3.8, 4) is 5.75 Å². The second kappa shape index (κ2) is 10.5. The summed E-state index contributed by atoms with van der Waals surface area (Å²) in [7, 11) is 0. The van der Waals surface area contributed by atoms with Gasteiger partial charge in [0.05, 0.1) is 21.6 Å². The number of thiazole rings is 1. The second-order valence-corrected chi connectivity index (χ2v) is 12.7. The molecular formula is C27H17BrClN3O6S2. The normalized spacial score (nSPS) is 19.9. The summed E-state index contributed by atoms with van der Waals surface area (Å²) in [5.74, 6) is -1.90. The molecule has 3 heterocycles. The predicted molar refractivity (Wildman–Crippen MR) is 155 cm³/mol. The van der Waals surface area contributed by atoms with E-state index in [1.165, 1.54) is 24.3 Å². The van der Waals surface area contributed by atoms with Crippen LogP contribution < -0.4 is 14.5 Å². The van der Waals surface area contributed by atoms with Gasteiger partial charge in [-0.2, -0.15) is 0 Å². The Bertz CT molecular complexity index is 1740. The predicted octanol–water partition coefficient (Wildman–Crippen LogP) is 6.14. The molecule has 13 heteroatoms. The Morgan fingerprint density at radius 1 is 1.05 bits per heavy atom. The lowest BCUT2D eigenvalue weighted by Crippen LogP contribution is -2.32. The molecule has 6 rings (SSSR count). The van der Waals surface area contributed by atoms with Crippen molar-refractivity contribution >= 4 is 73.8 Å². The standard InChI is InChI=1S/C27H17BrClN3O6S2/c28-14-4-9-19(38-12-13-2-1-3-15(29)10-13)18(11-14)20-21-23(39-24-22(20)40-27(35)30-24)26(34)31(25(21)33)16-5-7-17(8-6-16)32(36)37/h1-11,20-21,23H,12H2,(H,30,35). The van der Waals surface area contributed by atoms with E-state index in [4.69, 9.17) is 16.3 Å². The number of benzene rings is 3. The Balaban J connectivity index is 1.43. The number of hydrogen-bond donors (Lipinski definition) is 1. The van der Waals surface area contributed by atoms with Crippen LogP contribution in [0.4, 0.5) is 11.4 Å². The summed E-state index contributed by atoms with van der Waals surface area (Å²) in [4.78, 5) is 54.9. The van der Waals surface area contributed by atoms with Gasteiger partial charge in [0.15, 0.2) is 0 Å². The number of carbonyl (C=O) groups is 2. The van der Waals surface area contributed by atoms with E-state index < -0.39 is 33.8 Å². The molecule has 2 aliphatic heterocycles. The third kappa shape index (κ3) is 4.74. The van der Waals surface area contributed by atoms with E-state index in [-0.39, 0.29) is 22.9 Å². The highest BCUT2D eigenvalue weighted by Crippen LogP contribution is 2.54. The van der Waals surface area contributed by atoms with Crippen molar-refractivity contribution in [2.75, 3.05) is 4.90 Å². The summed E-state index contributed by atoms with van der Waals surface area (Å²) in [6.45, 7) is 0.211. The molecule has 1 aromatic heterocycles. The molecule has 40 heavy (non-hydrogen) atoms. The molecule has 1 N–H and O–H groups in total. The lowest BCUT2D eigenvalue weighted by Gasteiger charge is -2.31. The molecule has 2 amide bonds. The number of anilines is 1. The fourth-order valence-corrected chi connectivity index (χ4v) is 8.11. The van der Waals surface area contributed by atoms with Gasteiger partial charge in [0.25, 0.3) is 5.69 Å². The number of H-pyrrole nitrogens is 1. The number of fused-ring (bicyclic) bond motifs is 2. The third-order valence-electron chi connectivity index (χ3n) is 6.73. The smallest absolute Gasteiger partial charge is 0.305 e. The monoisotopic (exact) mass is 657 g/mol. The molecule has 3 aromatic carbocycles. The number of carbonyl (C=O) groups excluding carboxylic acids is 2. The number of nitrogens with zero attached hydrogens (tertiary/aromatic N) is 2. The second-order valence-electron chi connectivity index (χ2n) is 9.14. The summed E-state index contributed by atoms with van der Waals surface area (Å²) >= 11 is 11.8. The molecule has 1 saturated heterocycles. The van der Waals surface area contributed by atoms with Crippen LogP contribution >= 0.6 is 50.6 Å². The number of imide groups is 1. The SMILES string of the molecule is O=C1C2Sc3[nH]c(=O)sc3C(c3cc(Br)ccc3OCc3cccc(Cl)c3)C2C(=O)N1c1ccc([N+](=O)[O-])cc1. The zero-order chi connectivity index (χ0) is 28.1. The lowest BCUT2D eigenvalue weighted by molar-refractivity contribution is -0.384. The number of rotatable bonds is 6. The maximum atomic E-state index is 14.0. The number of non-ortho nitro benzene ring substituents is 1. The number of aromatic amines is 1. The van der Waals surface area contributed by atoms with E-state index in [9.17, 15) is 24.5 Å². The minimum Gasteiger partial charge on any atom is -0.489 e. The average molecular weight is 659 g/mol. The van der Waals surface area contributed by atoms with E-state index in [2.05, 4.69) is 20.9 Å². The van der Waals surface area contributed by atoms with Gasteiger partial charge in [0.2, 0.25) is 11.8 Å². The Morgan fingerprint density at radius 2 is 1.82 bits per heavy atom. The largest absolute Gasteiger partial charge is 0.489 e. The van der Waals surface area contributed by atoms with E-state index in [1.54, 1.807) is 18.2 Å². The van der Waals surface area contributed by atoms with Gasteiger partial charge in [-0.3, -0.25) is 24.5 Å². The highest BCUT2D eigenvalue weighted by atomic mass is 79.9. The molecule has 0 bridgehead atoms. The Labute approximate surface area is 248 Å². The first-order chi connectivity index (χ1) is 19.2. The molecular weight excluding hydrogens is 642 g/mol. The molecule has 9 nitrogen and oxygen atoms in total. The number of ether oxygens (including phenoxy) is 1. The average Bonchev–Trinajstić information content (AvgIpc) is 3.42. The first-order valence-corrected chi connectivity index (χ1v) is 14.8.